The Morgan fingerprint density at radius 2 is 1.73 bits per heavy atom. The first-order chi connectivity index (χ1) is 19.2. The van der Waals surface area contributed by atoms with Crippen LogP contribution in [-0.4, -0.2) is 56.2 Å². The maximum absolute atomic E-state index is 15.4. The van der Waals surface area contributed by atoms with E-state index < -0.39 is 47.1 Å². The van der Waals surface area contributed by atoms with Gasteiger partial charge in [-0.15, -0.1) is 0 Å². The Labute approximate surface area is 224 Å². The maximum Gasteiger partial charge on any atom is 0.278 e. The molecule has 40 heavy (non-hydrogen) atoms. The Balaban J connectivity index is 1.25. The highest BCUT2D eigenvalue weighted by molar-refractivity contribution is 6.21. The molecule has 0 spiro atoms. The predicted molar refractivity (Wildman–Crippen MR) is 130 cm³/mol. The minimum atomic E-state index is -1.08. The molecule has 3 aromatic rings. The first kappa shape index (κ1) is 25.5. The summed E-state index contributed by atoms with van der Waals surface area (Å²) in [7, 11) is 0. The van der Waals surface area contributed by atoms with Gasteiger partial charge in [0.2, 0.25) is 23.5 Å². The van der Waals surface area contributed by atoms with Crippen LogP contribution in [0.1, 0.15) is 31.6 Å². The van der Waals surface area contributed by atoms with Gasteiger partial charge in [0.25, 0.3) is 11.8 Å². The van der Waals surface area contributed by atoms with E-state index in [1.165, 1.54) is 18.2 Å². The van der Waals surface area contributed by atoms with E-state index in [0.29, 0.717) is 25.5 Å². The molecule has 1 unspecified atom stereocenters. The topological polar surface area (TPSA) is 126 Å². The number of amides is 4. The van der Waals surface area contributed by atoms with E-state index >= 15 is 4.39 Å². The molecule has 2 aromatic carbocycles. The lowest BCUT2D eigenvalue weighted by Gasteiger charge is -2.29. The minimum absolute atomic E-state index is 0.00154. The molecular weight excluding hydrogens is 531 g/mol. The molecule has 13 heteroatoms. The summed E-state index contributed by atoms with van der Waals surface area (Å²) in [6.07, 6.45) is 0.942. The van der Waals surface area contributed by atoms with Crippen molar-refractivity contribution in [3.8, 4) is 22.5 Å². The average Bonchev–Trinajstić information content (AvgIpc) is 3.47. The van der Waals surface area contributed by atoms with E-state index in [-0.39, 0.29) is 59.1 Å². The van der Waals surface area contributed by atoms with Crippen LogP contribution in [0.4, 0.5) is 13.2 Å². The van der Waals surface area contributed by atoms with E-state index in [4.69, 9.17) is 4.52 Å². The molecule has 0 radical (unpaired) electrons. The van der Waals surface area contributed by atoms with Crippen LogP contribution < -0.4 is 5.32 Å². The summed E-state index contributed by atoms with van der Waals surface area (Å²) in [4.78, 5) is 57.1. The molecule has 0 aliphatic carbocycles. The molecule has 0 bridgehead atoms. The van der Waals surface area contributed by atoms with Crippen molar-refractivity contribution in [3.63, 3.8) is 0 Å². The number of halogens is 3. The summed E-state index contributed by atoms with van der Waals surface area (Å²) in [5.41, 5.74) is 0.269. The highest BCUT2D eigenvalue weighted by Crippen LogP contribution is 2.35. The van der Waals surface area contributed by atoms with Gasteiger partial charge in [0, 0.05) is 30.2 Å². The average molecular weight is 551 g/mol. The summed E-state index contributed by atoms with van der Waals surface area (Å²) in [6.45, 7) is 0.318. The molecule has 4 heterocycles. The normalized spacial score (nSPS) is 19.4. The summed E-state index contributed by atoms with van der Waals surface area (Å²) >= 11 is 0. The summed E-state index contributed by atoms with van der Waals surface area (Å²) in [5, 5.41) is 6.01. The Morgan fingerprint density at radius 1 is 0.975 bits per heavy atom. The fraction of sp³-hybridized carbons (Fsp3) is 0.259. The number of imide groups is 2. The number of piperidine rings is 1. The molecule has 0 saturated carbocycles. The Hall–Kier alpha value is -4.81. The third kappa shape index (κ3) is 4.32. The third-order valence-corrected chi connectivity index (χ3v) is 7.08. The smallest absolute Gasteiger partial charge is 0.278 e. The van der Waals surface area contributed by atoms with Crippen LogP contribution in [0.25, 0.3) is 22.5 Å². The fourth-order valence-corrected chi connectivity index (χ4v) is 5.29. The van der Waals surface area contributed by atoms with Crippen molar-refractivity contribution < 1.29 is 36.9 Å². The second kappa shape index (κ2) is 9.74. The highest BCUT2D eigenvalue weighted by Gasteiger charge is 2.48. The van der Waals surface area contributed by atoms with Crippen molar-refractivity contribution in [2.45, 2.75) is 38.3 Å². The Bertz CT molecular complexity index is 1610. The molecule has 1 aromatic heterocycles. The number of benzene rings is 2. The van der Waals surface area contributed by atoms with Gasteiger partial charge in [-0.05, 0) is 43.0 Å². The van der Waals surface area contributed by atoms with Gasteiger partial charge in [0.1, 0.15) is 29.2 Å². The van der Waals surface area contributed by atoms with Crippen molar-refractivity contribution >= 4 is 23.6 Å². The maximum atomic E-state index is 15.4. The van der Waals surface area contributed by atoms with E-state index in [9.17, 15) is 28.0 Å². The first-order valence-electron chi connectivity index (χ1n) is 12.5. The van der Waals surface area contributed by atoms with Crippen molar-refractivity contribution in [1.29, 1.82) is 0 Å². The Kier molecular flexibility index (Phi) is 6.20. The zero-order valence-corrected chi connectivity index (χ0v) is 20.7. The summed E-state index contributed by atoms with van der Waals surface area (Å²) < 4.78 is 48.1. The standard InChI is InChI=1S/C27H20F3N5O5/c28-14-9-13(10-15(29)11-14)16-3-1-4-17(22(16)30)24-32-21(40-33-24)12-34-8-2-5-18-23(34)27(39)35(26(18)38)19-6-7-20(36)31-25(19)37/h1,3-4,9-11,19H,2,5-8,12H2,(H,31,36,37). The number of carbonyl (C=O) groups excluding carboxylic acids is 4. The minimum Gasteiger partial charge on any atom is -0.357 e. The molecule has 4 amide bonds. The highest BCUT2D eigenvalue weighted by atomic mass is 19.1. The van der Waals surface area contributed by atoms with Gasteiger partial charge in [-0.3, -0.25) is 29.4 Å². The largest absolute Gasteiger partial charge is 0.357 e. The zero-order chi connectivity index (χ0) is 28.1. The van der Waals surface area contributed by atoms with Crippen LogP contribution in [0.2, 0.25) is 0 Å². The van der Waals surface area contributed by atoms with E-state index in [0.717, 1.165) is 17.0 Å². The summed E-state index contributed by atoms with van der Waals surface area (Å²) in [6, 6.07) is 5.86. The van der Waals surface area contributed by atoms with Crippen LogP contribution in [0.5, 0.6) is 0 Å². The SMILES string of the molecule is O=C1CCC(N2C(=O)C3=C(C2=O)N(Cc2nc(-c4cccc(-c5cc(F)cc(F)c5)c4F)no2)CCC3)C(=O)N1. The van der Waals surface area contributed by atoms with Crippen LogP contribution >= 0.6 is 0 Å². The number of nitrogens with zero attached hydrogens (tertiary/aromatic N) is 4. The lowest BCUT2D eigenvalue weighted by molar-refractivity contribution is -0.150. The third-order valence-electron chi connectivity index (χ3n) is 7.08. The van der Waals surface area contributed by atoms with Crippen LogP contribution in [0, 0.1) is 17.5 Å². The van der Waals surface area contributed by atoms with Gasteiger partial charge in [0.15, 0.2) is 0 Å². The van der Waals surface area contributed by atoms with Gasteiger partial charge < -0.3 is 9.42 Å². The number of rotatable bonds is 5. The quantitative estimate of drug-likeness (QED) is 0.480. The molecule has 1 saturated heterocycles. The number of hydrogen-bond acceptors (Lipinski definition) is 8. The molecule has 6 rings (SSSR count). The molecule has 1 N–H and O–H groups in total. The predicted octanol–water partition coefficient (Wildman–Crippen LogP) is 2.84. The molecule has 10 nitrogen and oxygen atoms in total. The van der Waals surface area contributed by atoms with Gasteiger partial charge in [-0.1, -0.05) is 17.3 Å². The summed E-state index contributed by atoms with van der Waals surface area (Å²) in [5.74, 6) is -4.97. The van der Waals surface area contributed by atoms with Gasteiger partial charge in [-0.2, -0.15) is 4.98 Å². The van der Waals surface area contributed by atoms with E-state index in [1.807, 2.05) is 0 Å². The van der Waals surface area contributed by atoms with Gasteiger partial charge in [-0.25, -0.2) is 13.2 Å². The molecule has 204 valence electrons. The van der Waals surface area contributed by atoms with Crippen LogP contribution in [0.3, 0.4) is 0 Å². The van der Waals surface area contributed by atoms with Crippen molar-refractivity contribution in [1.82, 2.24) is 25.3 Å². The monoisotopic (exact) mass is 551 g/mol. The number of aromatic nitrogens is 2. The van der Waals surface area contributed by atoms with Crippen LogP contribution in [-0.2, 0) is 25.7 Å². The molecule has 1 atom stereocenters. The number of carbonyl (C=O) groups is 4. The molecule has 3 aliphatic heterocycles. The van der Waals surface area contributed by atoms with Gasteiger partial charge in [0.05, 0.1) is 12.1 Å². The first-order valence-corrected chi connectivity index (χ1v) is 12.5. The van der Waals surface area contributed by atoms with E-state index in [2.05, 4.69) is 15.5 Å². The van der Waals surface area contributed by atoms with Crippen LogP contribution in [0.15, 0.2) is 52.2 Å². The zero-order valence-electron chi connectivity index (χ0n) is 20.7. The number of hydrogen-bond donors (Lipinski definition) is 1. The molecule has 1 fully saturated rings. The van der Waals surface area contributed by atoms with Crippen molar-refractivity contribution in [3.05, 3.63) is 71.0 Å². The van der Waals surface area contributed by atoms with E-state index in [1.54, 1.807) is 4.90 Å². The number of nitrogens with one attached hydrogen (secondary N) is 1. The van der Waals surface area contributed by atoms with Crippen molar-refractivity contribution in [2.24, 2.45) is 0 Å². The second-order valence-electron chi connectivity index (χ2n) is 9.64. The second-order valence-corrected chi connectivity index (χ2v) is 9.64. The Morgan fingerprint density at radius 3 is 2.48 bits per heavy atom. The lowest BCUT2D eigenvalue weighted by Crippen LogP contribution is -2.55. The fourth-order valence-electron chi connectivity index (χ4n) is 5.29. The lowest BCUT2D eigenvalue weighted by atomic mass is 10.0. The van der Waals surface area contributed by atoms with Gasteiger partial charge >= 0.3 is 0 Å². The van der Waals surface area contributed by atoms with Crippen molar-refractivity contribution in [2.75, 3.05) is 6.54 Å². The molecular formula is C27H20F3N5O5. The molecule has 3 aliphatic rings.